The lowest BCUT2D eigenvalue weighted by Gasteiger charge is -2.25. The average molecular weight is 299 g/mol. The largest absolute Gasteiger partial charge is 0.383 e. The second-order valence-electron chi connectivity index (χ2n) is 5.00. The van der Waals surface area contributed by atoms with E-state index in [1.807, 2.05) is 0 Å². The van der Waals surface area contributed by atoms with E-state index in [0.29, 0.717) is 17.8 Å². The topological polar surface area (TPSA) is 55.0 Å². The molecular weight excluding hydrogens is 280 g/mol. The summed E-state index contributed by atoms with van der Waals surface area (Å²) in [7, 11) is 0. The van der Waals surface area contributed by atoms with E-state index in [2.05, 4.69) is 44.6 Å². The van der Waals surface area contributed by atoms with Crippen molar-refractivity contribution in [3.63, 3.8) is 0 Å². The Kier molecular flexibility index (Phi) is 3.86. The first-order valence-corrected chi connectivity index (χ1v) is 6.91. The zero-order valence-electron chi connectivity index (χ0n) is 10.4. The Bertz CT molecular complexity index is 390. The summed E-state index contributed by atoms with van der Waals surface area (Å²) in [5.74, 6) is 2.17. The average Bonchev–Trinajstić information content (AvgIpc) is 3.08. The van der Waals surface area contributed by atoms with Gasteiger partial charge in [-0.1, -0.05) is 13.8 Å². The zero-order chi connectivity index (χ0) is 12.4. The summed E-state index contributed by atoms with van der Waals surface area (Å²) in [5, 5.41) is 0. The van der Waals surface area contributed by atoms with Crippen LogP contribution in [0.25, 0.3) is 0 Å². The number of hydrogen-bond acceptors (Lipinski definition) is 4. The van der Waals surface area contributed by atoms with Crippen molar-refractivity contribution < 1.29 is 0 Å². The van der Waals surface area contributed by atoms with Crippen LogP contribution in [0.3, 0.4) is 0 Å². The van der Waals surface area contributed by atoms with Gasteiger partial charge in [-0.05, 0) is 41.1 Å². The molecule has 4 nitrogen and oxygen atoms in total. The molecule has 0 amide bonds. The molecule has 0 radical (unpaired) electrons. The van der Waals surface area contributed by atoms with Gasteiger partial charge in [0.25, 0.3) is 0 Å². The monoisotopic (exact) mass is 298 g/mol. The Labute approximate surface area is 111 Å². The van der Waals surface area contributed by atoms with E-state index in [9.17, 15) is 0 Å². The molecule has 1 heterocycles. The van der Waals surface area contributed by atoms with Gasteiger partial charge in [0.1, 0.15) is 22.4 Å². The first-order valence-electron chi connectivity index (χ1n) is 6.12. The van der Waals surface area contributed by atoms with Gasteiger partial charge in [0.2, 0.25) is 0 Å². The number of halogens is 1. The van der Waals surface area contributed by atoms with Gasteiger partial charge in [-0.25, -0.2) is 9.97 Å². The van der Waals surface area contributed by atoms with Crippen molar-refractivity contribution in [3.05, 3.63) is 10.8 Å². The SMILES string of the molecule is CC(C)CCN(c1ncnc(N)c1Br)C1CC1. The third-order valence-electron chi connectivity index (χ3n) is 3.01. The van der Waals surface area contributed by atoms with Crippen LogP contribution in [0.5, 0.6) is 0 Å². The van der Waals surface area contributed by atoms with Crippen LogP contribution in [0.1, 0.15) is 33.1 Å². The van der Waals surface area contributed by atoms with E-state index in [4.69, 9.17) is 5.73 Å². The smallest absolute Gasteiger partial charge is 0.148 e. The van der Waals surface area contributed by atoms with E-state index in [1.54, 1.807) is 6.33 Å². The minimum atomic E-state index is 0.519. The van der Waals surface area contributed by atoms with Gasteiger partial charge in [0.15, 0.2) is 0 Å². The van der Waals surface area contributed by atoms with Gasteiger partial charge in [0, 0.05) is 12.6 Å². The zero-order valence-corrected chi connectivity index (χ0v) is 11.9. The molecule has 0 aromatic carbocycles. The highest BCUT2D eigenvalue weighted by Crippen LogP contribution is 2.36. The maximum atomic E-state index is 5.81. The Balaban J connectivity index is 2.17. The predicted octanol–water partition coefficient (Wildman–Crippen LogP) is 2.84. The number of nitrogens with two attached hydrogens (primary N) is 1. The molecular formula is C12H19BrN4. The minimum absolute atomic E-state index is 0.519. The fraction of sp³-hybridized carbons (Fsp3) is 0.667. The van der Waals surface area contributed by atoms with Gasteiger partial charge in [-0.3, -0.25) is 0 Å². The van der Waals surface area contributed by atoms with Gasteiger partial charge in [0.05, 0.1) is 0 Å². The van der Waals surface area contributed by atoms with E-state index in [0.717, 1.165) is 16.8 Å². The highest BCUT2D eigenvalue weighted by molar-refractivity contribution is 9.10. The van der Waals surface area contributed by atoms with Crippen molar-refractivity contribution in [1.82, 2.24) is 9.97 Å². The molecule has 0 aliphatic heterocycles. The second-order valence-corrected chi connectivity index (χ2v) is 5.80. The lowest BCUT2D eigenvalue weighted by atomic mass is 10.1. The fourth-order valence-corrected chi connectivity index (χ4v) is 2.25. The minimum Gasteiger partial charge on any atom is -0.383 e. The van der Waals surface area contributed by atoms with Crippen molar-refractivity contribution >= 4 is 27.6 Å². The lowest BCUT2D eigenvalue weighted by molar-refractivity contribution is 0.568. The van der Waals surface area contributed by atoms with E-state index < -0.39 is 0 Å². The van der Waals surface area contributed by atoms with Crippen molar-refractivity contribution in [2.75, 3.05) is 17.2 Å². The van der Waals surface area contributed by atoms with E-state index in [-0.39, 0.29) is 0 Å². The summed E-state index contributed by atoms with van der Waals surface area (Å²) in [5.41, 5.74) is 5.81. The summed E-state index contributed by atoms with van der Waals surface area (Å²) in [6, 6.07) is 0.638. The predicted molar refractivity (Wildman–Crippen MR) is 74.0 cm³/mol. The molecule has 0 atom stereocenters. The normalized spacial score (nSPS) is 15.3. The van der Waals surface area contributed by atoms with Crippen molar-refractivity contribution in [2.24, 2.45) is 5.92 Å². The van der Waals surface area contributed by atoms with Crippen LogP contribution in [0.4, 0.5) is 11.6 Å². The molecule has 1 aromatic rings. The van der Waals surface area contributed by atoms with Crippen LogP contribution in [0.2, 0.25) is 0 Å². The van der Waals surface area contributed by atoms with Crippen molar-refractivity contribution in [3.8, 4) is 0 Å². The Morgan fingerprint density at radius 2 is 2.18 bits per heavy atom. The van der Waals surface area contributed by atoms with Crippen LogP contribution in [0.15, 0.2) is 10.8 Å². The first kappa shape index (κ1) is 12.6. The summed E-state index contributed by atoms with van der Waals surface area (Å²) < 4.78 is 0.829. The van der Waals surface area contributed by atoms with Crippen LogP contribution in [0, 0.1) is 5.92 Å². The molecule has 2 N–H and O–H groups in total. The van der Waals surface area contributed by atoms with Crippen LogP contribution < -0.4 is 10.6 Å². The number of hydrogen-bond donors (Lipinski definition) is 1. The van der Waals surface area contributed by atoms with Gasteiger partial charge < -0.3 is 10.6 Å². The molecule has 0 spiro atoms. The molecule has 2 rings (SSSR count). The third-order valence-corrected chi connectivity index (χ3v) is 3.77. The number of anilines is 2. The summed E-state index contributed by atoms with van der Waals surface area (Å²) in [6.45, 7) is 5.53. The summed E-state index contributed by atoms with van der Waals surface area (Å²) in [6.07, 6.45) is 5.23. The molecule has 1 aromatic heterocycles. The molecule has 94 valence electrons. The van der Waals surface area contributed by atoms with E-state index >= 15 is 0 Å². The molecule has 0 unspecified atom stereocenters. The molecule has 17 heavy (non-hydrogen) atoms. The molecule has 1 aliphatic carbocycles. The maximum Gasteiger partial charge on any atom is 0.148 e. The summed E-state index contributed by atoms with van der Waals surface area (Å²) >= 11 is 3.49. The van der Waals surface area contributed by atoms with Crippen molar-refractivity contribution in [2.45, 2.75) is 39.2 Å². The second kappa shape index (κ2) is 5.21. The van der Waals surface area contributed by atoms with Gasteiger partial charge in [-0.15, -0.1) is 0 Å². The maximum absolute atomic E-state index is 5.81. The van der Waals surface area contributed by atoms with Gasteiger partial charge in [-0.2, -0.15) is 0 Å². The number of nitrogen functional groups attached to an aromatic ring is 1. The Hall–Kier alpha value is -0.840. The molecule has 1 fully saturated rings. The quantitative estimate of drug-likeness (QED) is 0.908. The number of aromatic nitrogens is 2. The van der Waals surface area contributed by atoms with Crippen LogP contribution in [-0.2, 0) is 0 Å². The van der Waals surface area contributed by atoms with Crippen LogP contribution >= 0.6 is 15.9 Å². The van der Waals surface area contributed by atoms with Gasteiger partial charge >= 0.3 is 0 Å². The Morgan fingerprint density at radius 3 is 2.76 bits per heavy atom. The molecule has 1 aliphatic rings. The third kappa shape index (κ3) is 3.09. The Morgan fingerprint density at radius 1 is 1.47 bits per heavy atom. The molecule has 5 heteroatoms. The fourth-order valence-electron chi connectivity index (χ4n) is 1.82. The molecule has 1 saturated carbocycles. The highest BCUT2D eigenvalue weighted by atomic mass is 79.9. The first-order chi connectivity index (χ1) is 8.09. The molecule has 0 bridgehead atoms. The lowest BCUT2D eigenvalue weighted by Crippen LogP contribution is -2.29. The van der Waals surface area contributed by atoms with E-state index in [1.165, 1.54) is 19.3 Å². The highest BCUT2D eigenvalue weighted by Gasteiger charge is 2.31. The number of nitrogens with zero attached hydrogens (tertiary/aromatic N) is 3. The van der Waals surface area contributed by atoms with Crippen LogP contribution in [-0.4, -0.2) is 22.6 Å². The summed E-state index contributed by atoms with van der Waals surface area (Å²) in [4.78, 5) is 10.7. The standard InChI is InChI=1S/C12H19BrN4/c1-8(2)5-6-17(9-3-4-9)12-10(13)11(14)15-7-16-12/h7-9H,3-6H2,1-2H3,(H2,14,15,16). The molecule has 0 saturated heterocycles. The number of rotatable bonds is 5. The van der Waals surface area contributed by atoms with Crippen molar-refractivity contribution in [1.29, 1.82) is 0 Å².